The highest BCUT2D eigenvalue weighted by Gasteiger charge is 2.12. The van der Waals surface area contributed by atoms with E-state index in [1.165, 1.54) is 5.57 Å². The van der Waals surface area contributed by atoms with Gasteiger partial charge >= 0.3 is 0 Å². The number of nitrogens with one attached hydrogen (secondary N) is 3. The zero-order valence-corrected chi connectivity index (χ0v) is 19.2. The molecule has 0 bridgehead atoms. The smallest absolute Gasteiger partial charge is 0.228 e. The van der Waals surface area contributed by atoms with Crippen LogP contribution in [0.15, 0.2) is 90.2 Å². The molecular formula is C26H32N6O. The van der Waals surface area contributed by atoms with Gasteiger partial charge in [-0.05, 0) is 43.3 Å². The van der Waals surface area contributed by atoms with Crippen molar-refractivity contribution >= 4 is 11.8 Å². The molecule has 2 aliphatic carbocycles. The third-order valence-electron chi connectivity index (χ3n) is 5.54. The van der Waals surface area contributed by atoms with Crippen LogP contribution in [0.4, 0.5) is 11.8 Å². The maximum atomic E-state index is 5.45. The summed E-state index contributed by atoms with van der Waals surface area (Å²) < 4.78 is 5.45. The fourth-order valence-corrected chi connectivity index (χ4v) is 3.75. The van der Waals surface area contributed by atoms with Crippen LogP contribution < -0.4 is 16.0 Å². The third-order valence-corrected chi connectivity index (χ3v) is 5.54. The summed E-state index contributed by atoms with van der Waals surface area (Å²) in [7, 11) is 0. The summed E-state index contributed by atoms with van der Waals surface area (Å²) >= 11 is 0. The molecule has 3 N–H and O–H groups in total. The molecular weight excluding hydrogens is 412 g/mol. The third kappa shape index (κ3) is 6.78. The van der Waals surface area contributed by atoms with Crippen molar-refractivity contribution in [3.8, 4) is 0 Å². The number of morpholine rings is 1. The summed E-state index contributed by atoms with van der Waals surface area (Å²) in [6, 6.07) is 0. The molecule has 1 aliphatic heterocycles. The fraction of sp³-hybridized carbons (Fsp3) is 0.308. The first-order chi connectivity index (χ1) is 16.2. The molecule has 1 saturated heterocycles. The van der Waals surface area contributed by atoms with Crippen LogP contribution >= 0.6 is 0 Å². The molecule has 0 amide bonds. The molecule has 0 radical (unpaired) electrons. The van der Waals surface area contributed by atoms with Gasteiger partial charge in [-0.15, -0.1) is 0 Å². The topological polar surface area (TPSA) is 74.3 Å². The van der Waals surface area contributed by atoms with Gasteiger partial charge in [0.2, 0.25) is 5.95 Å². The normalized spacial score (nSPS) is 18.8. The molecule has 0 unspecified atom stereocenters. The van der Waals surface area contributed by atoms with E-state index in [1.807, 2.05) is 19.2 Å². The highest BCUT2D eigenvalue weighted by molar-refractivity contribution is 5.55. The lowest BCUT2D eigenvalue weighted by molar-refractivity contribution is 0.0426. The number of aromatic nitrogens is 2. The first kappa shape index (κ1) is 22.8. The number of nitrogens with zero attached hydrogens (tertiary/aromatic N) is 3. The Morgan fingerprint density at radius 2 is 2.00 bits per heavy atom. The number of ether oxygens (including phenoxy) is 1. The quantitative estimate of drug-likeness (QED) is 0.556. The minimum atomic E-state index is 0.575. The van der Waals surface area contributed by atoms with Crippen LogP contribution in [0.3, 0.4) is 0 Å². The average molecular weight is 445 g/mol. The van der Waals surface area contributed by atoms with E-state index in [1.54, 1.807) is 6.20 Å². The predicted molar refractivity (Wildman–Crippen MR) is 134 cm³/mol. The SMILES string of the molecule is C=CNC1=CCC=CC(Nc2nc(NC3=CC=C(CN4CCOCC4)C=CC3)ncc2C)=C1. The van der Waals surface area contributed by atoms with Crippen LogP contribution in [0.25, 0.3) is 0 Å². The minimum absolute atomic E-state index is 0.575. The van der Waals surface area contributed by atoms with E-state index in [0.717, 1.165) is 74.2 Å². The lowest BCUT2D eigenvalue weighted by Gasteiger charge is -2.26. The van der Waals surface area contributed by atoms with Crippen LogP contribution in [0.1, 0.15) is 18.4 Å². The number of allylic oxidation sites excluding steroid dienone is 7. The van der Waals surface area contributed by atoms with Gasteiger partial charge in [-0.1, -0.05) is 37.0 Å². The highest BCUT2D eigenvalue weighted by atomic mass is 16.5. The van der Waals surface area contributed by atoms with Gasteiger partial charge in [0, 0.05) is 54.9 Å². The predicted octanol–water partition coefficient (Wildman–Crippen LogP) is 4.17. The summed E-state index contributed by atoms with van der Waals surface area (Å²) in [5.41, 5.74) is 5.28. The molecule has 3 aliphatic rings. The second-order valence-electron chi connectivity index (χ2n) is 8.15. The van der Waals surface area contributed by atoms with Crippen molar-refractivity contribution in [1.29, 1.82) is 0 Å². The van der Waals surface area contributed by atoms with E-state index in [-0.39, 0.29) is 0 Å². The van der Waals surface area contributed by atoms with Gasteiger partial charge in [-0.2, -0.15) is 4.98 Å². The number of rotatable bonds is 8. The van der Waals surface area contributed by atoms with Crippen LogP contribution in [0, 0.1) is 6.92 Å². The Morgan fingerprint density at radius 1 is 1.12 bits per heavy atom. The molecule has 4 rings (SSSR count). The van der Waals surface area contributed by atoms with Crippen molar-refractivity contribution in [3.05, 3.63) is 95.8 Å². The Kier molecular flexibility index (Phi) is 7.90. The standard InChI is InChI=1S/C26H32N6O/c1-3-27-23-8-4-5-9-24(17-23)29-25-20(2)18-28-26(31-25)30-22-10-6-7-21(11-12-22)19-32-13-15-33-16-14-32/h3,5-9,11-12,17-18,27H,1,4,10,13-16,19H2,2H3,(H2,28,29,30,31). The fourth-order valence-electron chi connectivity index (χ4n) is 3.75. The summed E-state index contributed by atoms with van der Waals surface area (Å²) in [4.78, 5) is 11.6. The van der Waals surface area contributed by atoms with Crippen molar-refractivity contribution in [1.82, 2.24) is 20.2 Å². The molecule has 33 heavy (non-hydrogen) atoms. The van der Waals surface area contributed by atoms with Crippen LogP contribution in [0.2, 0.25) is 0 Å². The van der Waals surface area contributed by atoms with Crippen LogP contribution in [0.5, 0.6) is 0 Å². The molecule has 172 valence electrons. The van der Waals surface area contributed by atoms with E-state index in [2.05, 4.69) is 74.9 Å². The number of hydrogen-bond acceptors (Lipinski definition) is 7. The molecule has 1 fully saturated rings. The van der Waals surface area contributed by atoms with Gasteiger partial charge in [0.15, 0.2) is 0 Å². The maximum absolute atomic E-state index is 5.45. The molecule has 2 heterocycles. The molecule has 0 atom stereocenters. The van der Waals surface area contributed by atoms with Gasteiger partial charge in [0.1, 0.15) is 5.82 Å². The molecule has 7 nitrogen and oxygen atoms in total. The Morgan fingerprint density at radius 3 is 2.85 bits per heavy atom. The number of hydrogen-bond donors (Lipinski definition) is 3. The van der Waals surface area contributed by atoms with Gasteiger partial charge < -0.3 is 20.7 Å². The summed E-state index contributed by atoms with van der Waals surface area (Å²) in [5, 5.41) is 9.96. The van der Waals surface area contributed by atoms with Gasteiger partial charge in [0.05, 0.1) is 13.2 Å². The van der Waals surface area contributed by atoms with Crippen molar-refractivity contribution < 1.29 is 4.74 Å². The van der Waals surface area contributed by atoms with E-state index >= 15 is 0 Å². The summed E-state index contributed by atoms with van der Waals surface area (Å²) in [5.74, 6) is 1.35. The van der Waals surface area contributed by atoms with Gasteiger partial charge in [-0.3, -0.25) is 4.90 Å². The minimum Gasteiger partial charge on any atom is -0.379 e. The van der Waals surface area contributed by atoms with Crippen LogP contribution in [-0.2, 0) is 4.74 Å². The van der Waals surface area contributed by atoms with Crippen molar-refractivity contribution in [2.75, 3.05) is 43.5 Å². The molecule has 1 aromatic rings. The van der Waals surface area contributed by atoms with Crippen LogP contribution in [-0.4, -0.2) is 47.7 Å². The van der Waals surface area contributed by atoms with E-state index in [4.69, 9.17) is 9.72 Å². The Labute approximate surface area is 196 Å². The number of anilines is 2. The van der Waals surface area contributed by atoms with E-state index < -0.39 is 0 Å². The first-order valence-corrected chi connectivity index (χ1v) is 11.4. The Balaban J connectivity index is 1.44. The Bertz CT molecular complexity index is 1040. The number of aryl methyl sites for hydroxylation is 1. The summed E-state index contributed by atoms with van der Waals surface area (Å²) in [6.45, 7) is 10.3. The van der Waals surface area contributed by atoms with Crippen molar-refractivity contribution in [2.45, 2.75) is 19.8 Å². The Hall–Kier alpha value is -3.42. The molecule has 0 spiro atoms. The molecule has 7 heteroatoms. The van der Waals surface area contributed by atoms with Crippen molar-refractivity contribution in [3.63, 3.8) is 0 Å². The molecule has 0 saturated carbocycles. The lowest BCUT2D eigenvalue weighted by Crippen LogP contribution is -2.37. The molecule has 1 aromatic heterocycles. The van der Waals surface area contributed by atoms with E-state index in [9.17, 15) is 0 Å². The maximum Gasteiger partial charge on any atom is 0.228 e. The second-order valence-corrected chi connectivity index (χ2v) is 8.15. The van der Waals surface area contributed by atoms with Gasteiger partial charge in [0.25, 0.3) is 0 Å². The van der Waals surface area contributed by atoms with Gasteiger partial charge in [-0.25, -0.2) is 4.98 Å². The first-order valence-electron chi connectivity index (χ1n) is 11.4. The van der Waals surface area contributed by atoms with E-state index in [0.29, 0.717) is 5.95 Å². The average Bonchev–Trinajstić information content (AvgIpc) is 3.18. The highest BCUT2D eigenvalue weighted by Crippen LogP contribution is 2.20. The zero-order chi connectivity index (χ0) is 22.9. The lowest BCUT2D eigenvalue weighted by atomic mass is 10.2. The summed E-state index contributed by atoms with van der Waals surface area (Å²) in [6.07, 6.45) is 22.2. The monoisotopic (exact) mass is 444 g/mol. The second kappa shape index (κ2) is 11.4. The molecule has 0 aromatic carbocycles. The van der Waals surface area contributed by atoms with Crippen molar-refractivity contribution in [2.24, 2.45) is 0 Å². The zero-order valence-electron chi connectivity index (χ0n) is 19.2. The largest absolute Gasteiger partial charge is 0.379 e.